The summed E-state index contributed by atoms with van der Waals surface area (Å²) in [4.78, 5) is 17.3. The molecule has 164 valence electrons. The summed E-state index contributed by atoms with van der Waals surface area (Å²) in [5, 5.41) is 3.02. The fraction of sp³-hybridized carbons (Fsp3) is 0.440. The molecule has 1 heterocycles. The number of imidazole rings is 1. The summed E-state index contributed by atoms with van der Waals surface area (Å²) in [6.07, 6.45) is 7.47. The third-order valence-electron chi connectivity index (χ3n) is 5.70. The number of hydrogen-bond acceptors (Lipinski definition) is 4. The first-order valence-corrected chi connectivity index (χ1v) is 11.3. The van der Waals surface area contributed by atoms with Gasteiger partial charge in [-0.1, -0.05) is 49.6 Å². The van der Waals surface area contributed by atoms with E-state index in [4.69, 9.17) is 9.47 Å². The van der Waals surface area contributed by atoms with Gasteiger partial charge in [-0.2, -0.15) is 0 Å². The molecule has 1 amide bonds. The van der Waals surface area contributed by atoms with Crippen LogP contribution in [0.15, 0.2) is 54.6 Å². The van der Waals surface area contributed by atoms with Crippen molar-refractivity contribution in [3.05, 3.63) is 60.4 Å². The number of carbonyl (C=O) groups is 1. The van der Waals surface area contributed by atoms with E-state index in [1.807, 2.05) is 59.2 Å². The summed E-state index contributed by atoms with van der Waals surface area (Å²) in [6.45, 7) is 1.85. The van der Waals surface area contributed by atoms with E-state index < -0.39 is 0 Å². The van der Waals surface area contributed by atoms with Crippen LogP contribution in [0.5, 0.6) is 5.75 Å². The van der Waals surface area contributed by atoms with Crippen LogP contribution in [-0.2, 0) is 22.7 Å². The van der Waals surface area contributed by atoms with Gasteiger partial charge in [0.25, 0.3) is 0 Å². The van der Waals surface area contributed by atoms with E-state index >= 15 is 0 Å². The minimum absolute atomic E-state index is 0.0261. The number of carbonyl (C=O) groups excluding carboxylic acids is 1. The Morgan fingerprint density at radius 3 is 2.65 bits per heavy atom. The zero-order chi connectivity index (χ0) is 21.3. The van der Waals surface area contributed by atoms with E-state index in [0.717, 1.165) is 29.0 Å². The van der Waals surface area contributed by atoms with E-state index in [9.17, 15) is 4.79 Å². The molecule has 3 aromatic rings. The number of hydrogen-bond donors (Lipinski definition) is 1. The quantitative estimate of drug-likeness (QED) is 0.491. The number of para-hydroxylation sites is 3. The molecule has 0 aliphatic heterocycles. The van der Waals surface area contributed by atoms with E-state index in [2.05, 4.69) is 10.3 Å². The van der Waals surface area contributed by atoms with Gasteiger partial charge >= 0.3 is 0 Å². The van der Waals surface area contributed by atoms with E-state index in [0.29, 0.717) is 25.9 Å². The van der Waals surface area contributed by atoms with Crippen LogP contribution in [0.3, 0.4) is 0 Å². The molecule has 31 heavy (non-hydrogen) atoms. The van der Waals surface area contributed by atoms with Crippen molar-refractivity contribution in [2.24, 2.45) is 0 Å². The predicted octanol–water partition coefficient (Wildman–Crippen LogP) is 4.47. The summed E-state index contributed by atoms with van der Waals surface area (Å²) in [5.74, 6) is 1.49. The minimum Gasteiger partial charge on any atom is -0.486 e. The van der Waals surface area contributed by atoms with Crippen molar-refractivity contribution in [1.82, 2.24) is 14.9 Å². The molecule has 1 N–H and O–H groups in total. The Bertz CT molecular complexity index is 965. The monoisotopic (exact) mass is 421 g/mol. The third-order valence-corrected chi connectivity index (χ3v) is 5.70. The number of aromatic nitrogens is 2. The largest absolute Gasteiger partial charge is 0.486 e. The lowest BCUT2D eigenvalue weighted by atomic mass is 9.98. The van der Waals surface area contributed by atoms with Gasteiger partial charge < -0.3 is 19.4 Å². The first-order valence-electron chi connectivity index (χ1n) is 11.3. The highest BCUT2D eigenvalue weighted by atomic mass is 16.5. The van der Waals surface area contributed by atoms with Gasteiger partial charge in [0.05, 0.1) is 17.1 Å². The zero-order valence-electron chi connectivity index (χ0n) is 18.0. The summed E-state index contributed by atoms with van der Waals surface area (Å²) in [5.41, 5.74) is 1.80. The molecule has 6 heteroatoms. The molecular formula is C25H31N3O3. The fourth-order valence-electron chi connectivity index (χ4n) is 4.06. The zero-order valence-corrected chi connectivity index (χ0v) is 18.0. The van der Waals surface area contributed by atoms with Gasteiger partial charge in [0.2, 0.25) is 5.91 Å². The highest BCUT2D eigenvalue weighted by molar-refractivity contribution is 5.81. The van der Waals surface area contributed by atoms with Gasteiger partial charge in [-0.25, -0.2) is 4.98 Å². The molecule has 0 atom stereocenters. The second kappa shape index (κ2) is 11.0. The van der Waals surface area contributed by atoms with Crippen LogP contribution in [0.1, 0.15) is 44.3 Å². The van der Waals surface area contributed by atoms with E-state index in [-0.39, 0.29) is 12.5 Å². The highest BCUT2D eigenvalue weighted by Crippen LogP contribution is 2.20. The maximum Gasteiger partial charge on any atom is 0.240 e. The molecule has 4 rings (SSSR count). The molecule has 1 aliphatic carbocycles. The smallest absolute Gasteiger partial charge is 0.240 e. The van der Waals surface area contributed by atoms with Crippen LogP contribution in [-0.4, -0.2) is 34.7 Å². The Morgan fingerprint density at radius 2 is 1.81 bits per heavy atom. The third kappa shape index (κ3) is 6.07. The van der Waals surface area contributed by atoms with Gasteiger partial charge in [0.1, 0.15) is 24.7 Å². The maximum absolute atomic E-state index is 12.6. The first-order chi connectivity index (χ1) is 15.3. The number of nitrogens with zero attached hydrogens (tertiary/aromatic N) is 2. The van der Waals surface area contributed by atoms with Crippen molar-refractivity contribution in [1.29, 1.82) is 0 Å². The Kier molecular flexibility index (Phi) is 7.56. The Hall–Kier alpha value is -2.86. The van der Waals surface area contributed by atoms with Crippen molar-refractivity contribution in [2.45, 2.75) is 57.8 Å². The summed E-state index contributed by atoms with van der Waals surface area (Å²) >= 11 is 0. The molecule has 1 fully saturated rings. The van der Waals surface area contributed by atoms with Crippen LogP contribution >= 0.6 is 0 Å². The number of rotatable bonds is 10. The van der Waals surface area contributed by atoms with Gasteiger partial charge in [-0.3, -0.25) is 4.79 Å². The van der Waals surface area contributed by atoms with Crippen molar-refractivity contribution >= 4 is 16.9 Å². The van der Waals surface area contributed by atoms with Crippen LogP contribution in [0.2, 0.25) is 0 Å². The predicted molar refractivity (Wildman–Crippen MR) is 121 cm³/mol. The maximum atomic E-state index is 12.6. The van der Waals surface area contributed by atoms with Crippen molar-refractivity contribution in [3.63, 3.8) is 0 Å². The minimum atomic E-state index is -0.0261. The summed E-state index contributed by atoms with van der Waals surface area (Å²) < 4.78 is 13.8. The van der Waals surface area contributed by atoms with E-state index in [1.165, 1.54) is 32.1 Å². The highest BCUT2D eigenvalue weighted by Gasteiger charge is 2.15. The number of amides is 1. The molecule has 0 bridgehead atoms. The van der Waals surface area contributed by atoms with Crippen LogP contribution in [0.4, 0.5) is 0 Å². The van der Waals surface area contributed by atoms with Crippen molar-refractivity contribution < 1.29 is 14.3 Å². The number of nitrogens with one attached hydrogen (secondary N) is 1. The lowest BCUT2D eigenvalue weighted by molar-refractivity contribution is -0.121. The molecule has 1 saturated carbocycles. The normalized spacial score (nSPS) is 14.6. The van der Waals surface area contributed by atoms with Gasteiger partial charge in [-0.15, -0.1) is 0 Å². The lowest BCUT2D eigenvalue weighted by Crippen LogP contribution is -2.30. The molecule has 0 spiro atoms. The molecular weight excluding hydrogens is 390 g/mol. The van der Waals surface area contributed by atoms with Crippen molar-refractivity contribution in [2.75, 3.05) is 13.2 Å². The molecule has 0 saturated heterocycles. The first kappa shape index (κ1) is 21.4. The van der Waals surface area contributed by atoms with Crippen LogP contribution < -0.4 is 10.1 Å². The summed E-state index contributed by atoms with van der Waals surface area (Å²) in [6, 6.07) is 17.5. The van der Waals surface area contributed by atoms with Crippen molar-refractivity contribution in [3.8, 4) is 5.75 Å². The van der Waals surface area contributed by atoms with Gasteiger partial charge in [-0.05, 0) is 43.5 Å². The lowest BCUT2D eigenvalue weighted by Gasteiger charge is -2.21. The number of benzene rings is 2. The SMILES string of the molecule is O=C(Cn1c(COc2ccccc2)nc2ccccc21)NCCCOC1CCCCC1. The summed E-state index contributed by atoms with van der Waals surface area (Å²) in [7, 11) is 0. The van der Waals surface area contributed by atoms with Gasteiger partial charge in [0.15, 0.2) is 0 Å². The number of ether oxygens (including phenoxy) is 2. The molecule has 6 nitrogen and oxygen atoms in total. The average Bonchev–Trinajstić information content (AvgIpc) is 3.16. The second-order valence-corrected chi connectivity index (χ2v) is 8.04. The molecule has 0 unspecified atom stereocenters. The van der Waals surface area contributed by atoms with E-state index in [1.54, 1.807) is 0 Å². The second-order valence-electron chi connectivity index (χ2n) is 8.04. The van der Waals surface area contributed by atoms with Gasteiger partial charge in [0, 0.05) is 13.2 Å². The Morgan fingerprint density at radius 1 is 1.03 bits per heavy atom. The van der Waals surface area contributed by atoms with Crippen LogP contribution in [0, 0.1) is 0 Å². The average molecular weight is 422 g/mol. The molecule has 1 aliphatic rings. The molecule has 1 aromatic heterocycles. The fourth-order valence-corrected chi connectivity index (χ4v) is 4.06. The Balaban J connectivity index is 1.30. The molecule has 0 radical (unpaired) electrons. The Labute approximate surface area is 183 Å². The number of fused-ring (bicyclic) bond motifs is 1. The standard InChI is InChI=1S/C25H31N3O3/c29-25(26-16-9-17-30-20-10-3-1-4-11-20)18-28-23-15-8-7-14-22(23)27-24(28)19-31-21-12-5-2-6-13-21/h2,5-8,12-15,20H,1,3-4,9-11,16-19H2,(H,26,29). The van der Waals surface area contributed by atoms with Crippen LogP contribution in [0.25, 0.3) is 11.0 Å². The topological polar surface area (TPSA) is 65.4 Å². The molecule has 2 aromatic carbocycles.